The summed E-state index contributed by atoms with van der Waals surface area (Å²) >= 11 is 0. The zero-order valence-corrected chi connectivity index (χ0v) is 9.24. The van der Waals surface area contributed by atoms with Crippen molar-refractivity contribution in [1.82, 2.24) is 0 Å². The molecule has 0 heterocycles. The van der Waals surface area contributed by atoms with Gasteiger partial charge in [-0.2, -0.15) is 0 Å². The van der Waals surface area contributed by atoms with Gasteiger partial charge < -0.3 is 0 Å². The first-order chi connectivity index (χ1) is 8.63. The molecule has 0 saturated carbocycles. The third kappa shape index (κ3) is 1.32. The second kappa shape index (κ2) is 3.70. The zero-order valence-electron chi connectivity index (χ0n) is 9.24. The van der Waals surface area contributed by atoms with Gasteiger partial charge in [0.05, 0.1) is 11.3 Å². The van der Waals surface area contributed by atoms with Crippen LogP contribution in [0.15, 0.2) is 24.3 Å². The summed E-state index contributed by atoms with van der Waals surface area (Å²) < 4.78 is 27.3. The van der Waals surface area contributed by atoms with Crippen molar-refractivity contribution in [3.05, 3.63) is 47.0 Å². The summed E-state index contributed by atoms with van der Waals surface area (Å²) in [6, 6.07) is 5.33. The number of Topliss-reactive ketones (excluding diaryl/α,β-unsaturated/α-hetero) is 1. The largest absolute Gasteiger partial charge is 0.295 e. The number of benzene rings is 2. The summed E-state index contributed by atoms with van der Waals surface area (Å²) in [7, 11) is 0. The van der Waals surface area contributed by atoms with Crippen LogP contribution in [0.4, 0.5) is 8.78 Å². The van der Waals surface area contributed by atoms with Gasteiger partial charge in [0.15, 0.2) is 6.29 Å². The van der Waals surface area contributed by atoms with Crippen molar-refractivity contribution in [1.29, 1.82) is 0 Å². The van der Waals surface area contributed by atoms with Crippen LogP contribution in [0.2, 0.25) is 0 Å². The molecule has 3 rings (SSSR count). The van der Waals surface area contributed by atoms with Gasteiger partial charge in [-0.1, -0.05) is 12.1 Å². The average Bonchev–Trinajstić information content (AvgIpc) is 2.74. The fourth-order valence-corrected chi connectivity index (χ4v) is 2.64. The van der Waals surface area contributed by atoms with E-state index in [1.54, 1.807) is 6.07 Å². The van der Waals surface area contributed by atoms with Crippen LogP contribution in [0.3, 0.4) is 0 Å². The number of rotatable bonds is 2. The molecular formula is C14H8F2O2. The SMILES string of the molecule is O=CC(=O)C1Cc2ccc(F)c3c(F)ccc1c23. The highest BCUT2D eigenvalue weighted by Gasteiger charge is 2.31. The predicted molar refractivity (Wildman–Crippen MR) is 61.4 cm³/mol. The number of hydrogen-bond acceptors (Lipinski definition) is 2. The van der Waals surface area contributed by atoms with Crippen molar-refractivity contribution in [3.63, 3.8) is 0 Å². The summed E-state index contributed by atoms with van der Waals surface area (Å²) in [6.45, 7) is 0. The van der Waals surface area contributed by atoms with E-state index in [2.05, 4.69) is 0 Å². The van der Waals surface area contributed by atoms with Gasteiger partial charge in [0.1, 0.15) is 11.6 Å². The van der Waals surface area contributed by atoms with Gasteiger partial charge in [-0.3, -0.25) is 9.59 Å². The van der Waals surface area contributed by atoms with Crippen LogP contribution in [-0.4, -0.2) is 12.1 Å². The van der Waals surface area contributed by atoms with Gasteiger partial charge in [-0.15, -0.1) is 0 Å². The standard InChI is InChI=1S/C14H8F2O2/c15-10-3-1-7-5-9(12(18)6-17)8-2-4-11(16)14(10)13(7)8/h1-4,6,9H,5H2. The predicted octanol–water partition coefficient (Wildman–Crippen LogP) is 2.53. The van der Waals surface area contributed by atoms with Gasteiger partial charge in [-0.05, 0) is 35.1 Å². The average molecular weight is 246 g/mol. The lowest BCUT2D eigenvalue weighted by molar-refractivity contribution is -0.130. The summed E-state index contributed by atoms with van der Waals surface area (Å²) in [6.07, 6.45) is 0.592. The topological polar surface area (TPSA) is 34.1 Å². The van der Waals surface area contributed by atoms with Gasteiger partial charge >= 0.3 is 0 Å². The van der Waals surface area contributed by atoms with Crippen molar-refractivity contribution in [2.24, 2.45) is 0 Å². The molecule has 18 heavy (non-hydrogen) atoms. The lowest BCUT2D eigenvalue weighted by Crippen LogP contribution is -2.12. The Morgan fingerprint density at radius 1 is 1.11 bits per heavy atom. The van der Waals surface area contributed by atoms with Gasteiger partial charge in [0.25, 0.3) is 0 Å². The highest BCUT2D eigenvalue weighted by Crippen LogP contribution is 2.40. The van der Waals surface area contributed by atoms with E-state index in [0.29, 0.717) is 22.9 Å². The molecule has 0 N–H and O–H groups in total. The van der Waals surface area contributed by atoms with Crippen LogP contribution >= 0.6 is 0 Å². The Bertz CT molecular complexity index is 683. The van der Waals surface area contributed by atoms with E-state index in [-0.39, 0.29) is 11.7 Å². The van der Waals surface area contributed by atoms with Crippen molar-refractivity contribution in [2.75, 3.05) is 0 Å². The van der Waals surface area contributed by atoms with E-state index in [4.69, 9.17) is 0 Å². The Morgan fingerprint density at radius 2 is 1.78 bits per heavy atom. The summed E-state index contributed by atoms with van der Waals surface area (Å²) in [4.78, 5) is 22.1. The van der Waals surface area contributed by atoms with Crippen LogP contribution in [-0.2, 0) is 16.0 Å². The first kappa shape index (κ1) is 11.0. The zero-order chi connectivity index (χ0) is 12.9. The van der Waals surface area contributed by atoms with E-state index in [1.165, 1.54) is 12.1 Å². The first-order valence-corrected chi connectivity index (χ1v) is 5.52. The maximum atomic E-state index is 13.7. The molecule has 0 spiro atoms. The van der Waals surface area contributed by atoms with E-state index < -0.39 is 23.3 Å². The highest BCUT2D eigenvalue weighted by atomic mass is 19.1. The first-order valence-electron chi connectivity index (χ1n) is 5.52. The van der Waals surface area contributed by atoms with E-state index in [9.17, 15) is 18.4 Å². The van der Waals surface area contributed by atoms with Crippen molar-refractivity contribution < 1.29 is 18.4 Å². The lowest BCUT2D eigenvalue weighted by atomic mass is 9.96. The minimum Gasteiger partial charge on any atom is -0.295 e. The normalized spacial score (nSPS) is 17.1. The molecule has 1 unspecified atom stereocenters. The number of carbonyl (C=O) groups excluding carboxylic acids is 2. The summed E-state index contributed by atoms with van der Waals surface area (Å²) in [5.41, 5.74) is 1.25. The number of ketones is 1. The number of hydrogen-bond donors (Lipinski definition) is 0. The fourth-order valence-electron chi connectivity index (χ4n) is 2.64. The summed E-state index contributed by atoms with van der Waals surface area (Å²) in [5, 5.41) is 0.349. The third-order valence-corrected chi connectivity index (χ3v) is 3.44. The molecule has 2 aromatic rings. The Morgan fingerprint density at radius 3 is 2.44 bits per heavy atom. The molecule has 0 radical (unpaired) electrons. The van der Waals surface area contributed by atoms with Crippen LogP contribution in [0.1, 0.15) is 17.0 Å². The van der Waals surface area contributed by atoms with E-state index in [0.717, 1.165) is 6.07 Å². The lowest BCUT2D eigenvalue weighted by Gasteiger charge is -2.06. The third-order valence-electron chi connectivity index (χ3n) is 3.44. The molecule has 0 amide bonds. The monoisotopic (exact) mass is 246 g/mol. The maximum absolute atomic E-state index is 13.7. The van der Waals surface area contributed by atoms with E-state index >= 15 is 0 Å². The van der Waals surface area contributed by atoms with Crippen LogP contribution in [0.25, 0.3) is 10.8 Å². The molecule has 1 aliphatic carbocycles. The molecule has 0 aliphatic heterocycles. The Labute approximate surface area is 101 Å². The molecule has 0 saturated heterocycles. The fraction of sp³-hybridized carbons (Fsp3) is 0.143. The molecular weight excluding hydrogens is 238 g/mol. The molecule has 0 bridgehead atoms. The molecule has 0 aromatic heterocycles. The molecule has 4 heteroatoms. The highest BCUT2D eigenvalue weighted by molar-refractivity contribution is 6.28. The van der Waals surface area contributed by atoms with Crippen LogP contribution in [0.5, 0.6) is 0 Å². The van der Waals surface area contributed by atoms with Crippen molar-refractivity contribution in [2.45, 2.75) is 12.3 Å². The minimum absolute atomic E-state index is 0.0915. The molecule has 2 nitrogen and oxygen atoms in total. The van der Waals surface area contributed by atoms with Crippen molar-refractivity contribution >= 4 is 22.8 Å². The smallest absolute Gasteiger partial charge is 0.202 e. The van der Waals surface area contributed by atoms with Crippen LogP contribution < -0.4 is 0 Å². The van der Waals surface area contributed by atoms with Crippen molar-refractivity contribution in [3.8, 4) is 0 Å². The van der Waals surface area contributed by atoms with Gasteiger partial charge in [-0.25, -0.2) is 8.78 Å². The Kier molecular flexibility index (Phi) is 2.26. The second-order valence-corrected chi connectivity index (χ2v) is 4.37. The number of halogens is 2. The number of aldehydes is 1. The minimum atomic E-state index is -0.646. The Balaban J connectivity index is 2.36. The molecule has 1 atom stereocenters. The second-order valence-electron chi connectivity index (χ2n) is 4.37. The van der Waals surface area contributed by atoms with E-state index in [1.807, 2.05) is 0 Å². The molecule has 90 valence electrons. The molecule has 2 aromatic carbocycles. The molecule has 1 aliphatic rings. The van der Waals surface area contributed by atoms with Gasteiger partial charge in [0, 0.05) is 0 Å². The number of carbonyl (C=O) groups is 2. The molecule has 0 fully saturated rings. The summed E-state index contributed by atoms with van der Waals surface area (Å²) in [5.74, 6) is -2.46. The van der Waals surface area contributed by atoms with Gasteiger partial charge in [0.2, 0.25) is 5.78 Å². The Hall–Kier alpha value is -2.10. The quantitative estimate of drug-likeness (QED) is 0.602. The van der Waals surface area contributed by atoms with Crippen LogP contribution in [0, 0.1) is 11.6 Å². The maximum Gasteiger partial charge on any atom is 0.202 e.